The topological polar surface area (TPSA) is 21.6 Å². The summed E-state index contributed by atoms with van der Waals surface area (Å²) in [6.45, 7) is 3.29. The van der Waals surface area contributed by atoms with Gasteiger partial charge in [0.1, 0.15) is 5.75 Å². The molecule has 0 amide bonds. The molecule has 2 nitrogen and oxygen atoms in total. The molecular weight excluding hydrogens is 306 g/mol. The number of fused-ring (bicyclic) bond motifs is 4. The monoisotopic (exact) mass is 333 g/mol. The molecule has 130 valence electrons. The van der Waals surface area contributed by atoms with Crippen molar-refractivity contribution in [1.82, 2.24) is 0 Å². The van der Waals surface area contributed by atoms with E-state index in [0.29, 0.717) is 5.92 Å². The Morgan fingerprint density at radius 1 is 1.16 bits per heavy atom. The third kappa shape index (κ3) is 2.99. The van der Waals surface area contributed by atoms with Gasteiger partial charge < -0.3 is 4.74 Å². The highest BCUT2D eigenvalue weighted by Gasteiger charge is 2.44. The van der Waals surface area contributed by atoms with E-state index in [1.54, 1.807) is 7.11 Å². The molecule has 0 aromatic heterocycles. The van der Waals surface area contributed by atoms with Crippen LogP contribution in [0, 0.1) is 5.92 Å². The maximum atomic E-state index is 5.50. The molecule has 2 aliphatic carbocycles. The van der Waals surface area contributed by atoms with E-state index in [1.165, 1.54) is 41.7 Å². The van der Waals surface area contributed by atoms with Crippen LogP contribution in [0.3, 0.4) is 0 Å². The fraction of sp³-hybridized carbons (Fsp3) is 0.435. The Morgan fingerprint density at radius 2 is 2.00 bits per heavy atom. The van der Waals surface area contributed by atoms with Crippen molar-refractivity contribution in [3.63, 3.8) is 0 Å². The van der Waals surface area contributed by atoms with E-state index in [9.17, 15) is 0 Å². The Hall–Kier alpha value is -2.09. The number of hydrogen-bond donors (Lipinski definition) is 0. The van der Waals surface area contributed by atoms with Gasteiger partial charge in [-0.15, -0.1) is 0 Å². The van der Waals surface area contributed by atoms with Crippen LogP contribution in [0.1, 0.15) is 42.9 Å². The van der Waals surface area contributed by atoms with Crippen LogP contribution >= 0.6 is 0 Å². The van der Waals surface area contributed by atoms with Gasteiger partial charge in [0.15, 0.2) is 0 Å². The van der Waals surface area contributed by atoms with Crippen molar-refractivity contribution in [3.05, 3.63) is 65.2 Å². The van der Waals surface area contributed by atoms with Gasteiger partial charge in [0, 0.05) is 23.6 Å². The molecule has 1 unspecified atom stereocenters. The Bertz CT molecular complexity index is 780. The third-order valence-electron chi connectivity index (χ3n) is 6.08. The fourth-order valence-corrected chi connectivity index (χ4v) is 4.78. The summed E-state index contributed by atoms with van der Waals surface area (Å²) in [5, 5.41) is 0. The quantitative estimate of drug-likeness (QED) is 0.772. The summed E-state index contributed by atoms with van der Waals surface area (Å²) in [7, 11) is 1.76. The van der Waals surface area contributed by atoms with E-state index in [0.717, 1.165) is 25.1 Å². The van der Waals surface area contributed by atoms with Gasteiger partial charge in [0.05, 0.1) is 7.11 Å². The first-order chi connectivity index (χ1) is 12.2. The molecule has 0 radical (unpaired) electrons. The van der Waals surface area contributed by atoms with Gasteiger partial charge in [-0.3, -0.25) is 4.99 Å². The minimum absolute atomic E-state index is 0.0850. The standard InChI is InChI=1S/C23H27NO/c1-23-13-6-9-19(15-18-10-11-20(25-2)16-21(18)23)22(23)24-14-12-17-7-4-3-5-8-17/h3-5,7-8,10-11,16,19H,6,9,12-15H2,1-2H3/b24-22+/t19?,23-/m1/s1. The normalized spacial score (nSPS) is 26.3. The SMILES string of the molecule is COc1ccc2c(c1)[C@@]1(C)CCCC(C2)/C1=N\CCc1ccccc1. The molecular formula is C23H27NO. The number of aliphatic imine (C=N–C) groups is 1. The molecule has 25 heavy (non-hydrogen) atoms. The molecule has 0 aliphatic heterocycles. The highest BCUT2D eigenvalue weighted by molar-refractivity contribution is 5.99. The number of hydrogen-bond acceptors (Lipinski definition) is 2. The maximum absolute atomic E-state index is 5.50. The molecule has 2 bridgehead atoms. The molecule has 1 fully saturated rings. The average Bonchev–Trinajstić information content (AvgIpc) is 2.64. The lowest BCUT2D eigenvalue weighted by Gasteiger charge is -2.46. The summed E-state index contributed by atoms with van der Waals surface area (Å²) in [6, 6.07) is 17.3. The molecule has 1 saturated carbocycles. The summed E-state index contributed by atoms with van der Waals surface area (Å²) in [6.07, 6.45) is 5.95. The molecule has 0 saturated heterocycles. The van der Waals surface area contributed by atoms with Crippen molar-refractivity contribution in [2.75, 3.05) is 13.7 Å². The zero-order valence-corrected chi connectivity index (χ0v) is 15.3. The minimum Gasteiger partial charge on any atom is -0.497 e. The molecule has 4 rings (SSSR count). The molecule has 0 N–H and O–H groups in total. The van der Waals surface area contributed by atoms with Gasteiger partial charge in [0.25, 0.3) is 0 Å². The van der Waals surface area contributed by atoms with Crippen LogP contribution in [0.15, 0.2) is 53.5 Å². The summed E-state index contributed by atoms with van der Waals surface area (Å²) < 4.78 is 5.50. The van der Waals surface area contributed by atoms with Crippen LogP contribution in [-0.2, 0) is 18.3 Å². The molecule has 2 aliphatic rings. The molecule has 0 spiro atoms. The van der Waals surface area contributed by atoms with Crippen LogP contribution in [0.5, 0.6) is 5.75 Å². The number of ether oxygens (including phenoxy) is 1. The second-order valence-corrected chi connectivity index (χ2v) is 7.65. The summed E-state index contributed by atoms with van der Waals surface area (Å²) >= 11 is 0. The second-order valence-electron chi connectivity index (χ2n) is 7.65. The van der Waals surface area contributed by atoms with E-state index >= 15 is 0 Å². The molecule has 2 atom stereocenters. The Morgan fingerprint density at radius 3 is 2.80 bits per heavy atom. The van der Waals surface area contributed by atoms with Crippen molar-refractivity contribution in [3.8, 4) is 5.75 Å². The molecule has 2 aromatic carbocycles. The van der Waals surface area contributed by atoms with Crippen molar-refractivity contribution in [1.29, 1.82) is 0 Å². The first kappa shape index (κ1) is 16.4. The number of methoxy groups -OCH3 is 1. The van der Waals surface area contributed by atoms with Crippen LogP contribution in [-0.4, -0.2) is 19.4 Å². The zero-order valence-electron chi connectivity index (χ0n) is 15.3. The summed E-state index contributed by atoms with van der Waals surface area (Å²) in [5.74, 6) is 1.59. The van der Waals surface area contributed by atoms with E-state index in [1.807, 2.05) is 0 Å². The largest absolute Gasteiger partial charge is 0.497 e. The summed E-state index contributed by atoms with van der Waals surface area (Å²) in [5.41, 5.74) is 5.84. The van der Waals surface area contributed by atoms with Gasteiger partial charge in [-0.25, -0.2) is 0 Å². The third-order valence-corrected chi connectivity index (χ3v) is 6.08. The average molecular weight is 333 g/mol. The number of benzene rings is 2. The van der Waals surface area contributed by atoms with E-state index in [-0.39, 0.29) is 5.41 Å². The summed E-state index contributed by atoms with van der Waals surface area (Å²) in [4.78, 5) is 5.16. The second kappa shape index (κ2) is 6.67. The maximum Gasteiger partial charge on any atom is 0.119 e. The van der Waals surface area contributed by atoms with Gasteiger partial charge >= 0.3 is 0 Å². The van der Waals surface area contributed by atoms with Gasteiger partial charge in [-0.05, 0) is 54.5 Å². The van der Waals surface area contributed by atoms with E-state index in [4.69, 9.17) is 9.73 Å². The van der Waals surface area contributed by atoms with E-state index < -0.39 is 0 Å². The Labute approximate surface area is 151 Å². The highest BCUT2D eigenvalue weighted by Crippen LogP contribution is 2.47. The van der Waals surface area contributed by atoms with Crippen LogP contribution in [0.2, 0.25) is 0 Å². The lowest BCUT2D eigenvalue weighted by atomic mass is 9.59. The number of rotatable bonds is 4. The smallest absolute Gasteiger partial charge is 0.119 e. The highest BCUT2D eigenvalue weighted by atomic mass is 16.5. The predicted molar refractivity (Wildman–Crippen MR) is 104 cm³/mol. The Kier molecular flexibility index (Phi) is 4.37. The van der Waals surface area contributed by atoms with E-state index in [2.05, 4.69) is 55.5 Å². The Balaban J connectivity index is 1.64. The van der Waals surface area contributed by atoms with Crippen LogP contribution in [0.4, 0.5) is 0 Å². The first-order valence-electron chi connectivity index (χ1n) is 9.47. The molecule has 0 heterocycles. The predicted octanol–water partition coefficient (Wildman–Crippen LogP) is 4.99. The van der Waals surface area contributed by atoms with Crippen molar-refractivity contribution < 1.29 is 4.74 Å². The van der Waals surface area contributed by atoms with Gasteiger partial charge in [-0.1, -0.05) is 49.7 Å². The minimum atomic E-state index is 0.0850. The van der Waals surface area contributed by atoms with Crippen LogP contribution in [0.25, 0.3) is 0 Å². The van der Waals surface area contributed by atoms with Gasteiger partial charge in [0.2, 0.25) is 0 Å². The zero-order chi connectivity index (χ0) is 17.3. The lowest BCUT2D eigenvalue weighted by Crippen LogP contribution is -2.46. The van der Waals surface area contributed by atoms with Crippen molar-refractivity contribution >= 4 is 5.71 Å². The van der Waals surface area contributed by atoms with Gasteiger partial charge in [-0.2, -0.15) is 0 Å². The van der Waals surface area contributed by atoms with Crippen LogP contribution < -0.4 is 4.74 Å². The molecule has 2 heteroatoms. The first-order valence-corrected chi connectivity index (χ1v) is 9.47. The molecule has 2 aromatic rings. The number of nitrogens with zero attached hydrogens (tertiary/aromatic N) is 1. The van der Waals surface area contributed by atoms with Crippen molar-refractivity contribution in [2.45, 2.75) is 44.4 Å². The lowest BCUT2D eigenvalue weighted by molar-refractivity contribution is 0.384. The fourth-order valence-electron chi connectivity index (χ4n) is 4.78. The van der Waals surface area contributed by atoms with Crippen molar-refractivity contribution in [2.24, 2.45) is 10.9 Å².